The molecule has 212 valence electrons. The molecular weight excluding hydrogens is 547 g/mol. The third-order valence-corrected chi connectivity index (χ3v) is 12.0. The minimum absolute atomic E-state index is 0.0696. The first-order valence-corrected chi connectivity index (χ1v) is 16.9. The van der Waals surface area contributed by atoms with E-state index in [1.807, 2.05) is 6.07 Å². The zero-order chi connectivity index (χ0) is 28.2. The standard InChI is InChI=1S/C27H34F2N3O5PS/c1-38(35,22-6-2-3-7-22)23-8-4-5-20(17-23)30-27(34)24-10-9-21(31-39(36,37)16-15-33)18-25(24)32-13-11-19(12-14-32)26(28)29/h4-5,8-10,17-18,22,31,33H,2-3,6-7,11-16H2,1H3,(H,30,34). The molecule has 3 N–H and O–H groups in total. The normalized spacial score (nSPS) is 18.1. The molecule has 1 saturated carbocycles. The average Bonchev–Trinajstić information content (AvgIpc) is 3.45. The monoisotopic (exact) mass is 581 g/mol. The number of benzene rings is 2. The number of nitrogens with one attached hydrogen (secondary N) is 2. The molecular formula is C27H34F2N3O5PS. The lowest BCUT2D eigenvalue weighted by molar-refractivity contribution is 0.102. The van der Waals surface area contributed by atoms with Gasteiger partial charge < -0.3 is 19.9 Å². The lowest BCUT2D eigenvalue weighted by Gasteiger charge is -2.31. The van der Waals surface area contributed by atoms with Crippen LogP contribution in [0.2, 0.25) is 0 Å². The number of carbonyl (C=O) groups is 1. The number of aliphatic hydroxyl groups is 1. The fourth-order valence-electron chi connectivity index (χ4n) is 5.27. The van der Waals surface area contributed by atoms with Gasteiger partial charge >= 0.3 is 0 Å². The van der Waals surface area contributed by atoms with Crippen LogP contribution in [0.25, 0.3) is 0 Å². The predicted molar refractivity (Wildman–Crippen MR) is 151 cm³/mol. The van der Waals surface area contributed by atoms with Crippen LogP contribution in [-0.4, -0.2) is 57.2 Å². The Morgan fingerprint density at radius 2 is 1.77 bits per heavy atom. The van der Waals surface area contributed by atoms with Gasteiger partial charge in [-0.3, -0.25) is 9.52 Å². The van der Waals surface area contributed by atoms with E-state index in [-0.39, 0.29) is 48.4 Å². The zero-order valence-electron chi connectivity index (χ0n) is 21.8. The Morgan fingerprint density at radius 1 is 1.08 bits per heavy atom. The first-order valence-electron chi connectivity index (χ1n) is 13.0. The second-order valence-electron chi connectivity index (χ2n) is 10.2. The molecule has 8 nitrogen and oxygen atoms in total. The number of aliphatic hydroxyl groups excluding tert-OH is 1. The summed E-state index contributed by atoms with van der Waals surface area (Å²) in [6, 6.07) is 11.5. The Kier molecular flexibility index (Phi) is 9.14. The van der Waals surface area contributed by atoms with Crippen molar-refractivity contribution in [2.75, 3.05) is 47.1 Å². The number of hydrogen-bond donors (Lipinski definition) is 3. The number of nitrogens with zero attached hydrogens (tertiary/aromatic N) is 1. The molecule has 2 aliphatic rings. The molecule has 0 aromatic heterocycles. The highest BCUT2D eigenvalue weighted by Crippen LogP contribution is 2.52. The summed E-state index contributed by atoms with van der Waals surface area (Å²) < 4.78 is 66.6. The minimum Gasteiger partial charge on any atom is -0.395 e. The number of amides is 1. The SMILES string of the molecule is CP(=O)(c1cccc(NC(=O)c2ccc(NS(=O)(=O)CCO)cc2N2CCC(=C(F)F)CC2)c1)C1CCCC1. The number of halogens is 2. The van der Waals surface area contributed by atoms with Gasteiger partial charge in [-0.05, 0) is 68.3 Å². The van der Waals surface area contributed by atoms with Gasteiger partial charge in [0, 0.05) is 29.7 Å². The van der Waals surface area contributed by atoms with Gasteiger partial charge in [0.2, 0.25) is 10.0 Å². The van der Waals surface area contributed by atoms with Crippen molar-refractivity contribution in [3.8, 4) is 0 Å². The molecule has 1 atom stereocenters. The van der Waals surface area contributed by atoms with E-state index in [9.17, 15) is 26.6 Å². The van der Waals surface area contributed by atoms with Crippen molar-refractivity contribution < 1.29 is 31.7 Å². The topological polar surface area (TPSA) is 116 Å². The van der Waals surface area contributed by atoms with E-state index in [1.54, 1.807) is 29.8 Å². The summed E-state index contributed by atoms with van der Waals surface area (Å²) in [4.78, 5) is 15.2. The molecule has 2 fully saturated rings. The summed E-state index contributed by atoms with van der Waals surface area (Å²) in [5, 5.41) is 12.6. The maximum atomic E-state index is 13.6. The smallest absolute Gasteiger partial charge is 0.269 e. The van der Waals surface area contributed by atoms with Gasteiger partial charge in [0.25, 0.3) is 12.0 Å². The van der Waals surface area contributed by atoms with Crippen molar-refractivity contribution in [3.05, 3.63) is 59.7 Å². The van der Waals surface area contributed by atoms with Gasteiger partial charge in [-0.1, -0.05) is 25.0 Å². The molecule has 1 aliphatic heterocycles. The first kappa shape index (κ1) is 29.2. The van der Waals surface area contributed by atoms with Gasteiger partial charge in [-0.25, -0.2) is 8.42 Å². The molecule has 1 saturated heterocycles. The summed E-state index contributed by atoms with van der Waals surface area (Å²) in [5.41, 5.74) is 1.54. The van der Waals surface area contributed by atoms with Crippen molar-refractivity contribution in [1.29, 1.82) is 0 Å². The number of piperidine rings is 1. The van der Waals surface area contributed by atoms with E-state index < -0.39 is 41.5 Å². The first-order chi connectivity index (χ1) is 18.5. The number of carbonyl (C=O) groups excluding carboxylic acids is 1. The summed E-state index contributed by atoms with van der Waals surface area (Å²) in [6.45, 7) is 1.71. The highest BCUT2D eigenvalue weighted by Gasteiger charge is 2.32. The van der Waals surface area contributed by atoms with Crippen LogP contribution in [0.4, 0.5) is 25.8 Å². The molecule has 1 heterocycles. The van der Waals surface area contributed by atoms with Crippen molar-refractivity contribution in [3.63, 3.8) is 0 Å². The van der Waals surface area contributed by atoms with E-state index in [0.717, 1.165) is 25.7 Å². The molecule has 4 rings (SSSR count). The quantitative estimate of drug-likeness (QED) is 0.360. The zero-order valence-corrected chi connectivity index (χ0v) is 23.5. The number of anilines is 3. The number of rotatable bonds is 9. The largest absolute Gasteiger partial charge is 0.395 e. The molecule has 1 unspecified atom stereocenters. The molecule has 1 aliphatic carbocycles. The molecule has 2 aromatic rings. The molecule has 2 aromatic carbocycles. The van der Waals surface area contributed by atoms with Gasteiger partial charge in [-0.15, -0.1) is 0 Å². The predicted octanol–water partition coefficient (Wildman–Crippen LogP) is 4.98. The fourth-order valence-corrected chi connectivity index (χ4v) is 8.65. The van der Waals surface area contributed by atoms with E-state index in [2.05, 4.69) is 10.0 Å². The van der Waals surface area contributed by atoms with Crippen molar-refractivity contribution in [2.24, 2.45) is 0 Å². The molecule has 12 heteroatoms. The van der Waals surface area contributed by atoms with Crippen LogP contribution in [-0.2, 0) is 14.6 Å². The highest BCUT2D eigenvalue weighted by molar-refractivity contribution is 7.92. The second kappa shape index (κ2) is 12.2. The van der Waals surface area contributed by atoms with Crippen LogP contribution < -0.4 is 20.2 Å². The van der Waals surface area contributed by atoms with Crippen LogP contribution in [0.1, 0.15) is 48.9 Å². The lowest BCUT2D eigenvalue weighted by Crippen LogP contribution is -2.32. The second-order valence-corrected chi connectivity index (χ2v) is 15.2. The Balaban J connectivity index is 1.62. The summed E-state index contributed by atoms with van der Waals surface area (Å²) in [6.07, 6.45) is 2.56. The summed E-state index contributed by atoms with van der Waals surface area (Å²) in [5.74, 6) is -0.951. The maximum absolute atomic E-state index is 13.6. The number of sulfonamides is 1. The third kappa shape index (κ3) is 7.07. The van der Waals surface area contributed by atoms with Crippen LogP contribution in [0.3, 0.4) is 0 Å². The van der Waals surface area contributed by atoms with E-state index in [0.29, 0.717) is 16.7 Å². The van der Waals surface area contributed by atoms with E-state index in [1.165, 1.54) is 18.2 Å². The van der Waals surface area contributed by atoms with E-state index >= 15 is 0 Å². The maximum Gasteiger partial charge on any atom is 0.269 e. The van der Waals surface area contributed by atoms with Crippen LogP contribution >= 0.6 is 7.14 Å². The lowest BCUT2D eigenvalue weighted by atomic mass is 10.0. The Hall–Kier alpha value is -2.75. The summed E-state index contributed by atoms with van der Waals surface area (Å²) >= 11 is 0. The van der Waals surface area contributed by atoms with Crippen LogP contribution in [0.5, 0.6) is 0 Å². The van der Waals surface area contributed by atoms with Crippen LogP contribution in [0.15, 0.2) is 54.1 Å². The molecule has 39 heavy (non-hydrogen) atoms. The van der Waals surface area contributed by atoms with Gasteiger partial charge in [0.15, 0.2) is 0 Å². The highest BCUT2D eigenvalue weighted by atomic mass is 32.2. The van der Waals surface area contributed by atoms with E-state index in [4.69, 9.17) is 5.11 Å². The third-order valence-electron chi connectivity index (χ3n) is 7.49. The van der Waals surface area contributed by atoms with Gasteiger partial charge in [0.05, 0.1) is 29.3 Å². The van der Waals surface area contributed by atoms with Crippen molar-refractivity contribution in [1.82, 2.24) is 0 Å². The Labute approximate surface area is 227 Å². The van der Waals surface area contributed by atoms with Gasteiger partial charge in [-0.2, -0.15) is 8.78 Å². The van der Waals surface area contributed by atoms with Crippen LogP contribution in [0, 0.1) is 0 Å². The molecule has 1 amide bonds. The van der Waals surface area contributed by atoms with Crippen molar-refractivity contribution in [2.45, 2.75) is 44.2 Å². The Morgan fingerprint density at radius 3 is 2.41 bits per heavy atom. The fraction of sp³-hybridized carbons (Fsp3) is 0.444. The molecule has 0 bridgehead atoms. The minimum atomic E-state index is -3.81. The molecule has 0 radical (unpaired) electrons. The van der Waals surface area contributed by atoms with Gasteiger partial charge in [0.1, 0.15) is 7.14 Å². The number of hydrogen-bond acceptors (Lipinski definition) is 6. The average molecular weight is 582 g/mol. The Bertz CT molecular complexity index is 1400. The summed E-state index contributed by atoms with van der Waals surface area (Å²) in [7, 11) is -6.43. The molecule has 0 spiro atoms. The van der Waals surface area contributed by atoms with Crippen molar-refractivity contribution >= 4 is 45.4 Å².